The number of alkyl halides is 4. The van der Waals surface area contributed by atoms with Gasteiger partial charge >= 0.3 is 6.18 Å². The lowest BCUT2D eigenvalue weighted by Gasteiger charge is -2.27. The van der Waals surface area contributed by atoms with Gasteiger partial charge in [0.2, 0.25) is 10.0 Å². The second kappa shape index (κ2) is 7.94. The second-order valence-electron chi connectivity index (χ2n) is 5.96. The number of hydrogen-bond donors (Lipinski definition) is 3. The van der Waals surface area contributed by atoms with Crippen molar-refractivity contribution in [2.24, 2.45) is 0 Å². The Morgan fingerprint density at radius 1 is 1.41 bits per heavy atom. The molecule has 0 aromatic carbocycles. The molecular formula is C14H18F4N4O4S. The highest BCUT2D eigenvalue weighted by molar-refractivity contribution is 7.89. The number of amides is 1. The van der Waals surface area contributed by atoms with E-state index in [-0.39, 0.29) is 36.5 Å². The number of anilines is 1. The Kier molecular flexibility index (Phi) is 6.27. The average Bonchev–Trinajstić information content (AvgIpc) is 2.58. The van der Waals surface area contributed by atoms with Crippen LogP contribution < -0.4 is 11.1 Å². The third-order valence-electron chi connectivity index (χ3n) is 3.96. The molecule has 0 saturated carbocycles. The molecule has 0 spiro atoms. The average molecular weight is 414 g/mol. The first kappa shape index (κ1) is 21.3. The van der Waals surface area contributed by atoms with Crippen LogP contribution in [0.2, 0.25) is 0 Å². The van der Waals surface area contributed by atoms with Gasteiger partial charge in [-0.1, -0.05) is 0 Å². The molecule has 1 atom stereocenters. The Bertz CT molecular complexity index is 795. The minimum Gasteiger partial charge on any atom is -0.397 e. The fourth-order valence-electron chi connectivity index (χ4n) is 2.39. The van der Waals surface area contributed by atoms with Crippen molar-refractivity contribution in [2.45, 2.75) is 36.2 Å². The number of nitrogens with zero attached hydrogens (tertiary/aromatic N) is 2. The molecule has 1 amide bonds. The number of hydrogen-bond acceptors (Lipinski definition) is 6. The molecule has 27 heavy (non-hydrogen) atoms. The molecule has 1 aliphatic rings. The lowest BCUT2D eigenvalue weighted by molar-refractivity contribution is -0.201. The molecule has 0 radical (unpaired) electrons. The molecule has 152 valence electrons. The highest BCUT2D eigenvalue weighted by Crippen LogP contribution is 2.24. The molecule has 1 aromatic heterocycles. The van der Waals surface area contributed by atoms with Gasteiger partial charge in [0.15, 0.2) is 11.8 Å². The summed E-state index contributed by atoms with van der Waals surface area (Å²) in [6.45, 7) is -1.14. The standard InChI is InChI=1S/C14H18F4N4O4S/c15-8-1-3-22(4-2-8)27(25,26)9-5-10(19)12(20-6-9)13(24)21-7-11(23)14(16,17)18/h5-6,8,11,23H,1-4,7,19H2,(H,21,24). The summed E-state index contributed by atoms with van der Waals surface area (Å²) in [5, 5.41) is 10.7. The number of nitrogens with two attached hydrogens (primary N) is 1. The largest absolute Gasteiger partial charge is 0.416 e. The van der Waals surface area contributed by atoms with Gasteiger partial charge in [0.1, 0.15) is 11.1 Å². The van der Waals surface area contributed by atoms with Crippen molar-refractivity contribution in [3.63, 3.8) is 0 Å². The van der Waals surface area contributed by atoms with E-state index in [1.165, 1.54) is 0 Å². The van der Waals surface area contributed by atoms with Crippen LogP contribution in [0.25, 0.3) is 0 Å². The summed E-state index contributed by atoms with van der Waals surface area (Å²) in [5.41, 5.74) is 4.77. The minimum atomic E-state index is -4.91. The van der Waals surface area contributed by atoms with Crippen molar-refractivity contribution >= 4 is 21.6 Å². The van der Waals surface area contributed by atoms with Crippen LogP contribution in [-0.4, -0.2) is 66.8 Å². The number of aliphatic hydroxyl groups excluding tert-OH is 1. The maximum absolute atomic E-state index is 13.2. The molecule has 1 unspecified atom stereocenters. The molecule has 1 fully saturated rings. The van der Waals surface area contributed by atoms with Crippen LogP contribution in [-0.2, 0) is 10.0 Å². The zero-order valence-corrected chi connectivity index (χ0v) is 14.7. The van der Waals surface area contributed by atoms with Crippen LogP contribution in [0, 0.1) is 0 Å². The Morgan fingerprint density at radius 3 is 2.52 bits per heavy atom. The summed E-state index contributed by atoms with van der Waals surface area (Å²) in [6.07, 6.45) is -7.77. The van der Waals surface area contributed by atoms with E-state index >= 15 is 0 Å². The Hall–Kier alpha value is -1.99. The lowest BCUT2D eigenvalue weighted by atomic mass is 10.1. The molecule has 8 nitrogen and oxygen atoms in total. The number of aliphatic hydroxyl groups is 1. The zero-order valence-electron chi connectivity index (χ0n) is 13.9. The van der Waals surface area contributed by atoms with Crippen LogP contribution in [0.4, 0.5) is 23.2 Å². The predicted octanol–water partition coefficient (Wildman–Crippen LogP) is 0.439. The van der Waals surface area contributed by atoms with Crippen molar-refractivity contribution in [3.8, 4) is 0 Å². The molecule has 1 aromatic rings. The monoisotopic (exact) mass is 414 g/mol. The van der Waals surface area contributed by atoms with Crippen LogP contribution >= 0.6 is 0 Å². The second-order valence-corrected chi connectivity index (χ2v) is 7.89. The highest BCUT2D eigenvalue weighted by Gasteiger charge is 2.38. The van der Waals surface area contributed by atoms with Crippen molar-refractivity contribution in [3.05, 3.63) is 18.0 Å². The summed E-state index contributed by atoms with van der Waals surface area (Å²) in [5.74, 6) is -1.10. The number of aromatic nitrogens is 1. The van der Waals surface area contributed by atoms with Gasteiger partial charge < -0.3 is 16.2 Å². The quantitative estimate of drug-likeness (QED) is 0.601. The van der Waals surface area contributed by atoms with E-state index in [1.807, 2.05) is 5.32 Å². The van der Waals surface area contributed by atoms with E-state index in [4.69, 9.17) is 10.8 Å². The van der Waals surface area contributed by atoms with Crippen LogP contribution in [0.5, 0.6) is 0 Å². The lowest BCUT2D eigenvalue weighted by Crippen LogP contribution is -2.41. The molecule has 0 bridgehead atoms. The maximum atomic E-state index is 13.2. The van der Waals surface area contributed by atoms with Crippen molar-refractivity contribution in [2.75, 3.05) is 25.4 Å². The van der Waals surface area contributed by atoms with E-state index in [9.17, 15) is 30.8 Å². The smallest absolute Gasteiger partial charge is 0.397 e. The first-order valence-electron chi connectivity index (χ1n) is 7.85. The molecule has 4 N–H and O–H groups in total. The SMILES string of the molecule is Nc1cc(S(=O)(=O)N2CCC(F)CC2)cnc1C(=O)NCC(O)C(F)(F)F. The number of nitrogen functional groups attached to an aromatic ring is 1. The van der Waals surface area contributed by atoms with E-state index in [2.05, 4.69) is 4.98 Å². The Balaban J connectivity index is 2.12. The summed E-state index contributed by atoms with van der Waals surface area (Å²) >= 11 is 0. The van der Waals surface area contributed by atoms with Gasteiger partial charge in [0.05, 0.1) is 12.2 Å². The summed E-state index contributed by atoms with van der Waals surface area (Å²) in [6, 6.07) is 0.957. The molecule has 0 aliphatic carbocycles. The van der Waals surface area contributed by atoms with Gasteiger partial charge in [0.25, 0.3) is 5.91 Å². The fourth-order valence-corrected chi connectivity index (χ4v) is 3.85. The summed E-state index contributed by atoms with van der Waals surface area (Å²) < 4.78 is 75.9. The van der Waals surface area contributed by atoms with Crippen molar-refractivity contribution < 1.29 is 35.9 Å². The predicted molar refractivity (Wildman–Crippen MR) is 85.9 cm³/mol. The number of sulfonamides is 1. The van der Waals surface area contributed by atoms with Gasteiger partial charge in [-0.05, 0) is 18.9 Å². The van der Waals surface area contributed by atoms with Crippen LogP contribution in [0.1, 0.15) is 23.3 Å². The third-order valence-corrected chi connectivity index (χ3v) is 5.83. The zero-order chi connectivity index (χ0) is 20.4. The fraction of sp³-hybridized carbons (Fsp3) is 0.571. The third kappa shape index (κ3) is 5.05. The van der Waals surface area contributed by atoms with Crippen LogP contribution in [0.3, 0.4) is 0 Å². The molecule has 13 heteroatoms. The van der Waals surface area contributed by atoms with E-state index in [1.54, 1.807) is 0 Å². The van der Waals surface area contributed by atoms with Gasteiger partial charge in [-0.15, -0.1) is 0 Å². The summed E-state index contributed by atoms with van der Waals surface area (Å²) in [4.78, 5) is 15.2. The first-order valence-corrected chi connectivity index (χ1v) is 9.29. The van der Waals surface area contributed by atoms with Crippen molar-refractivity contribution in [1.82, 2.24) is 14.6 Å². The number of carbonyl (C=O) groups is 1. The van der Waals surface area contributed by atoms with Crippen LogP contribution in [0.15, 0.2) is 17.2 Å². The number of carbonyl (C=O) groups excluding carboxylic acids is 1. The molecular weight excluding hydrogens is 396 g/mol. The molecule has 2 heterocycles. The maximum Gasteiger partial charge on any atom is 0.416 e. The number of nitrogens with one attached hydrogen (secondary N) is 1. The van der Waals surface area contributed by atoms with Crippen molar-refractivity contribution in [1.29, 1.82) is 0 Å². The Morgan fingerprint density at radius 2 is 2.00 bits per heavy atom. The number of rotatable bonds is 5. The highest BCUT2D eigenvalue weighted by atomic mass is 32.2. The van der Waals surface area contributed by atoms with Gasteiger partial charge in [-0.25, -0.2) is 17.8 Å². The number of piperidine rings is 1. The molecule has 1 aliphatic heterocycles. The van der Waals surface area contributed by atoms with E-state index in [0.717, 1.165) is 16.6 Å². The number of pyridine rings is 1. The van der Waals surface area contributed by atoms with E-state index < -0.39 is 46.6 Å². The van der Waals surface area contributed by atoms with E-state index in [0.29, 0.717) is 0 Å². The summed E-state index contributed by atoms with van der Waals surface area (Å²) in [7, 11) is -3.99. The molecule has 2 rings (SSSR count). The van der Waals surface area contributed by atoms with Gasteiger partial charge in [-0.3, -0.25) is 4.79 Å². The van der Waals surface area contributed by atoms with Gasteiger partial charge in [-0.2, -0.15) is 17.5 Å². The minimum absolute atomic E-state index is 0.0129. The topological polar surface area (TPSA) is 126 Å². The number of halogens is 4. The normalized spacial score (nSPS) is 18.3. The molecule has 1 saturated heterocycles. The van der Waals surface area contributed by atoms with Gasteiger partial charge in [0, 0.05) is 19.3 Å². The first-order chi connectivity index (χ1) is 12.4. The Labute approximate surface area is 152 Å².